The third kappa shape index (κ3) is 5.75. The standard InChI is InChI=1S/C24H24N4O4S/c1-3-31-20-12-8-18(9-13-20)25-22(29)16-33-24-27-26-23(17-6-10-19(30-2)11-7-17)28(24)15-21-5-4-14-32-21/h4-14H,3,15-16H2,1-2H3,(H,25,29). The van der Waals surface area contributed by atoms with Crippen LogP contribution in [0.15, 0.2) is 76.5 Å². The number of ether oxygens (including phenoxy) is 2. The van der Waals surface area contributed by atoms with Crippen molar-refractivity contribution >= 4 is 23.4 Å². The molecule has 0 bridgehead atoms. The minimum absolute atomic E-state index is 0.136. The summed E-state index contributed by atoms with van der Waals surface area (Å²) < 4.78 is 18.1. The Morgan fingerprint density at radius 2 is 1.82 bits per heavy atom. The molecule has 2 aromatic carbocycles. The Morgan fingerprint density at radius 3 is 2.48 bits per heavy atom. The van der Waals surface area contributed by atoms with E-state index in [1.54, 1.807) is 13.4 Å². The van der Waals surface area contributed by atoms with E-state index in [0.29, 0.717) is 29.8 Å². The number of nitrogens with zero attached hydrogens (tertiary/aromatic N) is 3. The van der Waals surface area contributed by atoms with Crippen LogP contribution in [-0.2, 0) is 11.3 Å². The van der Waals surface area contributed by atoms with E-state index >= 15 is 0 Å². The second kappa shape index (κ2) is 10.7. The normalized spacial score (nSPS) is 10.7. The Balaban J connectivity index is 1.48. The van der Waals surface area contributed by atoms with Crippen molar-refractivity contribution in [3.05, 3.63) is 72.7 Å². The highest BCUT2D eigenvalue weighted by molar-refractivity contribution is 7.99. The summed E-state index contributed by atoms with van der Waals surface area (Å²) in [6.45, 7) is 2.97. The Hall–Kier alpha value is -3.72. The molecular weight excluding hydrogens is 440 g/mol. The largest absolute Gasteiger partial charge is 0.497 e. The molecule has 0 saturated carbocycles. The predicted molar refractivity (Wildman–Crippen MR) is 127 cm³/mol. The zero-order valence-corrected chi connectivity index (χ0v) is 19.2. The molecule has 0 unspecified atom stereocenters. The van der Waals surface area contributed by atoms with Crippen molar-refractivity contribution in [3.63, 3.8) is 0 Å². The third-order valence-corrected chi connectivity index (χ3v) is 5.71. The number of thioether (sulfide) groups is 1. The first-order valence-electron chi connectivity index (χ1n) is 10.4. The number of furan rings is 1. The van der Waals surface area contributed by atoms with Gasteiger partial charge in [-0.15, -0.1) is 10.2 Å². The molecule has 1 amide bonds. The Labute approximate surface area is 195 Å². The van der Waals surface area contributed by atoms with Gasteiger partial charge in [0.05, 0.1) is 32.3 Å². The number of carbonyl (C=O) groups is 1. The van der Waals surface area contributed by atoms with E-state index in [9.17, 15) is 4.79 Å². The highest BCUT2D eigenvalue weighted by Crippen LogP contribution is 2.27. The molecule has 0 radical (unpaired) electrons. The van der Waals surface area contributed by atoms with E-state index in [4.69, 9.17) is 13.9 Å². The molecule has 0 aliphatic rings. The van der Waals surface area contributed by atoms with Crippen LogP contribution in [0, 0.1) is 0 Å². The molecule has 4 rings (SSSR count). The summed E-state index contributed by atoms with van der Waals surface area (Å²) >= 11 is 1.32. The zero-order valence-electron chi connectivity index (χ0n) is 18.4. The van der Waals surface area contributed by atoms with Crippen LogP contribution in [0.3, 0.4) is 0 Å². The fraction of sp³-hybridized carbons (Fsp3) is 0.208. The first kappa shape index (κ1) is 22.5. The Morgan fingerprint density at radius 1 is 1.06 bits per heavy atom. The number of nitrogens with one attached hydrogen (secondary N) is 1. The fourth-order valence-electron chi connectivity index (χ4n) is 3.18. The van der Waals surface area contributed by atoms with Crippen LogP contribution in [0.4, 0.5) is 5.69 Å². The van der Waals surface area contributed by atoms with E-state index in [2.05, 4.69) is 15.5 Å². The lowest BCUT2D eigenvalue weighted by molar-refractivity contribution is -0.113. The van der Waals surface area contributed by atoms with Gasteiger partial charge in [-0.2, -0.15) is 0 Å². The number of benzene rings is 2. The molecule has 0 aliphatic carbocycles. The van der Waals surface area contributed by atoms with E-state index in [-0.39, 0.29) is 11.7 Å². The van der Waals surface area contributed by atoms with E-state index in [0.717, 1.165) is 22.8 Å². The van der Waals surface area contributed by atoms with Crippen LogP contribution < -0.4 is 14.8 Å². The quantitative estimate of drug-likeness (QED) is 0.339. The number of hydrogen-bond donors (Lipinski definition) is 1. The molecule has 33 heavy (non-hydrogen) atoms. The number of methoxy groups -OCH3 is 1. The van der Waals surface area contributed by atoms with Gasteiger partial charge in [-0.3, -0.25) is 9.36 Å². The number of aromatic nitrogens is 3. The van der Waals surface area contributed by atoms with Gasteiger partial charge < -0.3 is 19.2 Å². The van der Waals surface area contributed by atoms with Crippen LogP contribution >= 0.6 is 11.8 Å². The van der Waals surface area contributed by atoms with Crippen molar-refractivity contribution in [2.45, 2.75) is 18.6 Å². The lowest BCUT2D eigenvalue weighted by atomic mass is 10.2. The van der Waals surface area contributed by atoms with Crippen molar-refractivity contribution in [3.8, 4) is 22.9 Å². The second-order valence-corrected chi connectivity index (χ2v) is 7.94. The van der Waals surface area contributed by atoms with Crippen molar-refractivity contribution in [2.75, 3.05) is 24.8 Å². The molecule has 1 N–H and O–H groups in total. The molecule has 0 spiro atoms. The van der Waals surface area contributed by atoms with Gasteiger partial charge in [0.25, 0.3) is 0 Å². The minimum atomic E-state index is -0.136. The summed E-state index contributed by atoms with van der Waals surface area (Å²) in [6, 6.07) is 18.6. The van der Waals surface area contributed by atoms with Gasteiger partial charge >= 0.3 is 0 Å². The van der Waals surface area contributed by atoms with Gasteiger partial charge in [0.15, 0.2) is 11.0 Å². The molecule has 170 valence electrons. The topological polar surface area (TPSA) is 91.4 Å². The van der Waals surface area contributed by atoms with E-state index in [1.165, 1.54) is 11.8 Å². The van der Waals surface area contributed by atoms with Crippen LogP contribution in [0.25, 0.3) is 11.4 Å². The molecule has 8 nitrogen and oxygen atoms in total. The molecule has 2 heterocycles. The van der Waals surface area contributed by atoms with E-state index in [1.807, 2.05) is 72.2 Å². The summed E-state index contributed by atoms with van der Waals surface area (Å²) in [4.78, 5) is 12.5. The molecule has 0 fully saturated rings. The van der Waals surface area contributed by atoms with Crippen LogP contribution in [0.2, 0.25) is 0 Å². The minimum Gasteiger partial charge on any atom is -0.497 e. The molecule has 2 aromatic heterocycles. The summed E-state index contributed by atoms with van der Waals surface area (Å²) in [6.07, 6.45) is 1.63. The summed E-state index contributed by atoms with van der Waals surface area (Å²) in [5.74, 6) is 3.03. The molecule has 0 saturated heterocycles. The maximum absolute atomic E-state index is 12.5. The maximum Gasteiger partial charge on any atom is 0.234 e. The molecule has 4 aromatic rings. The third-order valence-electron chi connectivity index (χ3n) is 4.74. The second-order valence-electron chi connectivity index (χ2n) is 6.99. The van der Waals surface area contributed by atoms with Crippen molar-refractivity contribution in [1.82, 2.24) is 14.8 Å². The first-order valence-corrected chi connectivity index (χ1v) is 11.4. The van der Waals surface area contributed by atoms with Crippen LogP contribution in [-0.4, -0.2) is 40.1 Å². The van der Waals surface area contributed by atoms with Crippen LogP contribution in [0.1, 0.15) is 12.7 Å². The molecular formula is C24H24N4O4S. The first-order chi connectivity index (χ1) is 16.2. The monoisotopic (exact) mass is 464 g/mol. The van der Waals surface area contributed by atoms with Gasteiger partial charge in [-0.1, -0.05) is 11.8 Å². The number of hydrogen-bond acceptors (Lipinski definition) is 7. The highest BCUT2D eigenvalue weighted by atomic mass is 32.2. The number of anilines is 1. The van der Waals surface area contributed by atoms with Gasteiger partial charge in [0.1, 0.15) is 17.3 Å². The maximum atomic E-state index is 12.5. The summed E-state index contributed by atoms with van der Waals surface area (Å²) in [7, 11) is 1.63. The van der Waals surface area contributed by atoms with Crippen LogP contribution in [0.5, 0.6) is 11.5 Å². The van der Waals surface area contributed by atoms with Gasteiger partial charge in [0.2, 0.25) is 5.91 Å². The van der Waals surface area contributed by atoms with Crippen molar-refractivity contribution < 1.29 is 18.7 Å². The summed E-state index contributed by atoms with van der Waals surface area (Å²) in [5.41, 5.74) is 1.60. The molecule has 0 atom stereocenters. The lowest BCUT2D eigenvalue weighted by Gasteiger charge is -2.10. The number of amides is 1. The van der Waals surface area contributed by atoms with E-state index < -0.39 is 0 Å². The SMILES string of the molecule is CCOc1ccc(NC(=O)CSc2nnc(-c3ccc(OC)cc3)n2Cc2ccco2)cc1. The summed E-state index contributed by atoms with van der Waals surface area (Å²) in [5, 5.41) is 12.2. The van der Waals surface area contributed by atoms with Gasteiger partial charge in [-0.25, -0.2) is 0 Å². The highest BCUT2D eigenvalue weighted by Gasteiger charge is 2.17. The smallest absolute Gasteiger partial charge is 0.234 e. The van der Waals surface area contributed by atoms with Crippen molar-refractivity contribution in [2.24, 2.45) is 0 Å². The average Bonchev–Trinajstić information content (AvgIpc) is 3.50. The Kier molecular flexibility index (Phi) is 7.31. The van der Waals surface area contributed by atoms with Gasteiger partial charge in [0, 0.05) is 11.3 Å². The molecule has 9 heteroatoms. The number of rotatable bonds is 10. The van der Waals surface area contributed by atoms with Crippen molar-refractivity contribution in [1.29, 1.82) is 0 Å². The number of carbonyl (C=O) groups excluding carboxylic acids is 1. The average molecular weight is 465 g/mol. The fourth-order valence-corrected chi connectivity index (χ4v) is 3.92. The van der Waals surface area contributed by atoms with Gasteiger partial charge in [-0.05, 0) is 67.6 Å². The lowest BCUT2D eigenvalue weighted by Crippen LogP contribution is -2.14. The Bertz CT molecular complexity index is 1170. The molecule has 0 aliphatic heterocycles. The predicted octanol–water partition coefficient (Wildman–Crippen LogP) is 4.72. The zero-order chi connectivity index (χ0) is 23.0.